The molecule has 2 amide bonds. The first-order valence-electron chi connectivity index (χ1n) is 5.91. The Kier molecular flexibility index (Phi) is 2.51. The van der Waals surface area contributed by atoms with Gasteiger partial charge in [-0.15, -0.1) is 0 Å². The van der Waals surface area contributed by atoms with Gasteiger partial charge in [0.1, 0.15) is 0 Å². The van der Waals surface area contributed by atoms with Crippen LogP contribution in [0.25, 0.3) is 10.9 Å². The van der Waals surface area contributed by atoms with Crippen LogP contribution in [0.3, 0.4) is 0 Å². The largest absolute Gasteiger partial charge is 0.361 e. The molecular formula is C13H13N3O2. The number of hydrogen-bond donors (Lipinski definition) is 3. The van der Waals surface area contributed by atoms with E-state index in [9.17, 15) is 9.59 Å². The van der Waals surface area contributed by atoms with Gasteiger partial charge >= 0.3 is 11.8 Å². The Bertz CT molecular complexity index is 613. The molecule has 3 rings (SSSR count). The van der Waals surface area contributed by atoms with Gasteiger partial charge in [-0.25, -0.2) is 0 Å². The maximum absolute atomic E-state index is 11.6. The lowest BCUT2D eigenvalue weighted by molar-refractivity contribution is -0.136. The Morgan fingerprint density at radius 2 is 2.00 bits per heavy atom. The SMILES string of the molecule is O=C(Nc1ccc2cc[nH]c2c1)C(=O)NC1CC1. The van der Waals surface area contributed by atoms with Crippen molar-refractivity contribution in [3.8, 4) is 0 Å². The highest BCUT2D eigenvalue weighted by atomic mass is 16.2. The number of hydrogen-bond acceptors (Lipinski definition) is 2. The number of anilines is 1. The molecule has 0 unspecified atom stereocenters. The number of aromatic amines is 1. The molecule has 0 radical (unpaired) electrons. The maximum atomic E-state index is 11.6. The van der Waals surface area contributed by atoms with E-state index in [1.54, 1.807) is 12.1 Å². The molecule has 3 N–H and O–H groups in total. The number of fused-ring (bicyclic) bond motifs is 1. The fraction of sp³-hybridized carbons (Fsp3) is 0.231. The van der Waals surface area contributed by atoms with Crippen molar-refractivity contribution in [3.63, 3.8) is 0 Å². The van der Waals surface area contributed by atoms with Crippen molar-refractivity contribution in [2.45, 2.75) is 18.9 Å². The average molecular weight is 243 g/mol. The minimum absolute atomic E-state index is 0.189. The van der Waals surface area contributed by atoms with Gasteiger partial charge in [-0.3, -0.25) is 9.59 Å². The summed E-state index contributed by atoms with van der Waals surface area (Å²) in [6.07, 6.45) is 3.76. The number of carbonyl (C=O) groups is 2. The van der Waals surface area contributed by atoms with Crippen LogP contribution in [0.5, 0.6) is 0 Å². The van der Waals surface area contributed by atoms with Crippen LogP contribution < -0.4 is 10.6 Å². The Balaban J connectivity index is 1.70. The second-order valence-corrected chi connectivity index (χ2v) is 4.48. The number of H-pyrrole nitrogens is 1. The number of benzene rings is 1. The number of aromatic nitrogens is 1. The highest BCUT2D eigenvalue weighted by Gasteiger charge is 2.26. The summed E-state index contributed by atoms with van der Waals surface area (Å²) in [5.74, 6) is -1.18. The van der Waals surface area contributed by atoms with Crippen molar-refractivity contribution < 1.29 is 9.59 Å². The van der Waals surface area contributed by atoms with Gasteiger partial charge in [0, 0.05) is 23.4 Å². The second kappa shape index (κ2) is 4.18. The molecule has 0 bridgehead atoms. The van der Waals surface area contributed by atoms with Crippen LogP contribution in [-0.4, -0.2) is 22.8 Å². The molecule has 1 aromatic heterocycles. The summed E-state index contributed by atoms with van der Waals surface area (Å²) in [5, 5.41) is 6.30. The molecule has 5 nitrogen and oxygen atoms in total. The molecule has 2 aromatic rings. The minimum atomic E-state index is -0.618. The third kappa shape index (κ3) is 2.20. The van der Waals surface area contributed by atoms with Gasteiger partial charge in [0.15, 0.2) is 0 Å². The monoisotopic (exact) mass is 243 g/mol. The van der Waals surface area contributed by atoms with Gasteiger partial charge < -0.3 is 15.6 Å². The fourth-order valence-corrected chi connectivity index (χ4v) is 1.79. The van der Waals surface area contributed by atoms with E-state index in [-0.39, 0.29) is 6.04 Å². The standard InChI is InChI=1S/C13H13N3O2/c17-12(15-9-3-4-9)13(18)16-10-2-1-8-5-6-14-11(8)7-10/h1-2,5-7,9,14H,3-4H2,(H,15,17)(H,16,18). The normalized spacial score (nSPS) is 14.4. The zero-order valence-corrected chi connectivity index (χ0v) is 9.69. The van der Waals surface area contributed by atoms with Gasteiger partial charge in [0.2, 0.25) is 0 Å². The molecule has 92 valence electrons. The van der Waals surface area contributed by atoms with Crippen LogP contribution in [-0.2, 0) is 9.59 Å². The smallest absolute Gasteiger partial charge is 0.313 e. The first-order chi connectivity index (χ1) is 8.72. The first-order valence-corrected chi connectivity index (χ1v) is 5.91. The van der Waals surface area contributed by atoms with E-state index in [2.05, 4.69) is 15.6 Å². The lowest BCUT2D eigenvalue weighted by Crippen LogP contribution is -2.36. The van der Waals surface area contributed by atoms with Crippen molar-refractivity contribution in [2.24, 2.45) is 0 Å². The topological polar surface area (TPSA) is 74.0 Å². The van der Waals surface area contributed by atoms with E-state index in [0.717, 1.165) is 23.7 Å². The molecule has 1 aliphatic rings. The summed E-state index contributed by atoms with van der Waals surface area (Å²) < 4.78 is 0. The third-order valence-corrected chi connectivity index (χ3v) is 2.93. The molecular weight excluding hydrogens is 230 g/mol. The van der Waals surface area contributed by atoms with Gasteiger partial charge in [0.05, 0.1) is 0 Å². The van der Waals surface area contributed by atoms with E-state index in [1.165, 1.54) is 0 Å². The van der Waals surface area contributed by atoms with Crippen LogP contribution in [0.4, 0.5) is 5.69 Å². The molecule has 0 saturated heterocycles. The van der Waals surface area contributed by atoms with Crippen LogP contribution in [0.2, 0.25) is 0 Å². The minimum Gasteiger partial charge on any atom is -0.361 e. The van der Waals surface area contributed by atoms with E-state index < -0.39 is 11.8 Å². The number of nitrogens with one attached hydrogen (secondary N) is 3. The van der Waals surface area contributed by atoms with Gasteiger partial charge in [-0.05, 0) is 36.4 Å². The lowest BCUT2D eigenvalue weighted by Gasteiger charge is -2.05. The van der Waals surface area contributed by atoms with Crippen molar-refractivity contribution in [1.29, 1.82) is 0 Å². The van der Waals surface area contributed by atoms with Gasteiger partial charge in [-0.2, -0.15) is 0 Å². The van der Waals surface area contributed by atoms with Crippen LogP contribution >= 0.6 is 0 Å². The number of amides is 2. The van der Waals surface area contributed by atoms with E-state index >= 15 is 0 Å². The van der Waals surface area contributed by atoms with Crippen LogP contribution in [0, 0.1) is 0 Å². The molecule has 1 heterocycles. The maximum Gasteiger partial charge on any atom is 0.313 e. The zero-order chi connectivity index (χ0) is 12.5. The summed E-state index contributed by atoms with van der Waals surface area (Å²) in [5.41, 5.74) is 1.54. The lowest BCUT2D eigenvalue weighted by atomic mass is 10.2. The Hall–Kier alpha value is -2.30. The molecule has 1 fully saturated rings. The summed E-state index contributed by atoms with van der Waals surface area (Å²) in [7, 11) is 0. The summed E-state index contributed by atoms with van der Waals surface area (Å²) >= 11 is 0. The highest BCUT2D eigenvalue weighted by Crippen LogP contribution is 2.19. The van der Waals surface area contributed by atoms with Gasteiger partial charge in [-0.1, -0.05) is 6.07 Å². The van der Waals surface area contributed by atoms with Crippen molar-refractivity contribution in [2.75, 3.05) is 5.32 Å². The second-order valence-electron chi connectivity index (χ2n) is 4.48. The molecule has 5 heteroatoms. The van der Waals surface area contributed by atoms with Crippen molar-refractivity contribution in [1.82, 2.24) is 10.3 Å². The highest BCUT2D eigenvalue weighted by molar-refractivity contribution is 6.39. The zero-order valence-electron chi connectivity index (χ0n) is 9.69. The molecule has 0 atom stereocenters. The average Bonchev–Trinajstić information content (AvgIpc) is 3.05. The predicted molar refractivity (Wildman–Crippen MR) is 68.1 cm³/mol. The molecule has 0 spiro atoms. The molecule has 18 heavy (non-hydrogen) atoms. The summed E-state index contributed by atoms with van der Waals surface area (Å²) in [6, 6.07) is 7.60. The van der Waals surface area contributed by atoms with Crippen molar-refractivity contribution >= 4 is 28.4 Å². The van der Waals surface area contributed by atoms with Gasteiger partial charge in [0.25, 0.3) is 0 Å². The molecule has 1 aliphatic carbocycles. The quantitative estimate of drug-likeness (QED) is 0.697. The molecule has 1 saturated carbocycles. The van der Waals surface area contributed by atoms with Crippen LogP contribution in [0.1, 0.15) is 12.8 Å². The van der Waals surface area contributed by atoms with E-state index in [4.69, 9.17) is 0 Å². The Morgan fingerprint density at radius 1 is 1.17 bits per heavy atom. The van der Waals surface area contributed by atoms with Crippen LogP contribution in [0.15, 0.2) is 30.5 Å². The molecule has 1 aromatic carbocycles. The number of rotatable bonds is 2. The Labute approximate surface area is 104 Å². The first kappa shape index (κ1) is 10.8. The Morgan fingerprint density at radius 3 is 2.78 bits per heavy atom. The summed E-state index contributed by atoms with van der Waals surface area (Å²) in [4.78, 5) is 26.1. The predicted octanol–water partition coefficient (Wildman–Crippen LogP) is 1.38. The fourth-order valence-electron chi connectivity index (χ4n) is 1.79. The van der Waals surface area contributed by atoms with E-state index in [1.807, 2.05) is 18.3 Å². The molecule has 0 aliphatic heterocycles. The number of carbonyl (C=O) groups excluding carboxylic acids is 2. The third-order valence-electron chi connectivity index (χ3n) is 2.93. The van der Waals surface area contributed by atoms with Crippen molar-refractivity contribution in [3.05, 3.63) is 30.5 Å². The summed E-state index contributed by atoms with van der Waals surface area (Å²) in [6.45, 7) is 0. The van der Waals surface area contributed by atoms with E-state index in [0.29, 0.717) is 5.69 Å².